The monoisotopic (exact) mass is 621 g/mol. The van der Waals surface area contributed by atoms with Crippen LogP contribution in [-0.4, -0.2) is 59.1 Å². The number of phenolic OH excluding ortho intramolecular Hbond substituents is 1. The first-order valence-corrected chi connectivity index (χ1v) is 15.0. The van der Waals surface area contributed by atoms with Crippen LogP contribution in [0, 0.1) is 0 Å². The fraction of sp³-hybridized carbons (Fsp3) is 0.226. The molecule has 0 saturated heterocycles. The minimum absolute atomic E-state index is 0.0207. The summed E-state index contributed by atoms with van der Waals surface area (Å²) < 4.78 is 46.7. The Kier molecular flexibility index (Phi) is 10.0. The van der Waals surface area contributed by atoms with Gasteiger partial charge in [0.15, 0.2) is 15.6 Å². The maximum Gasteiger partial charge on any atom is 0.305 e. The molecule has 0 spiro atoms. The Morgan fingerprint density at radius 3 is 2.32 bits per heavy atom. The smallest absolute Gasteiger partial charge is 0.305 e. The zero-order valence-electron chi connectivity index (χ0n) is 24.5. The van der Waals surface area contributed by atoms with Gasteiger partial charge in [0, 0.05) is 17.9 Å². The molecule has 0 saturated carbocycles. The Balaban J connectivity index is 1.73. The van der Waals surface area contributed by atoms with Crippen molar-refractivity contribution in [2.24, 2.45) is 10.2 Å². The third-order valence-electron chi connectivity index (χ3n) is 6.57. The maximum atomic E-state index is 13.4. The minimum atomic E-state index is -3.85. The Morgan fingerprint density at radius 2 is 1.61 bits per heavy atom. The summed E-state index contributed by atoms with van der Waals surface area (Å²) in [5.41, 5.74) is 0.262. The molecule has 0 atom stereocenters. The largest absolute Gasteiger partial charge is 0.505 e. The number of carbonyl (C=O) groups excluding carboxylic acids is 2. The van der Waals surface area contributed by atoms with Gasteiger partial charge in [-0.3, -0.25) is 9.59 Å². The molecular weight excluding hydrogens is 590 g/mol. The molecule has 0 heterocycles. The molecule has 2 N–H and O–H groups in total. The summed E-state index contributed by atoms with van der Waals surface area (Å²) in [4.78, 5) is 24.7. The molecular formula is C31H31N3O9S. The van der Waals surface area contributed by atoms with E-state index in [1.165, 1.54) is 45.6 Å². The van der Waals surface area contributed by atoms with Gasteiger partial charge in [0.2, 0.25) is 0 Å². The van der Waals surface area contributed by atoms with E-state index in [2.05, 4.69) is 15.5 Å². The lowest BCUT2D eigenvalue weighted by atomic mass is 10.0. The van der Waals surface area contributed by atoms with Gasteiger partial charge in [0.05, 0.1) is 43.2 Å². The Labute approximate surface area is 254 Å². The third kappa shape index (κ3) is 7.06. The summed E-state index contributed by atoms with van der Waals surface area (Å²) in [5.74, 6) is -0.952. The number of sulfone groups is 1. The summed E-state index contributed by atoms with van der Waals surface area (Å²) in [6, 6.07) is 17.4. The van der Waals surface area contributed by atoms with Crippen LogP contribution in [0.2, 0.25) is 0 Å². The van der Waals surface area contributed by atoms with Crippen LogP contribution in [0.15, 0.2) is 81.9 Å². The van der Waals surface area contributed by atoms with Gasteiger partial charge in [-0.15, -0.1) is 10.2 Å². The lowest BCUT2D eigenvalue weighted by molar-refractivity contribution is -0.142. The highest BCUT2D eigenvalue weighted by molar-refractivity contribution is 7.91. The first-order chi connectivity index (χ1) is 21.1. The molecule has 0 fully saturated rings. The molecule has 0 aliphatic carbocycles. The molecule has 0 unspecified atom stereocenters. The number of carbonyl (C=O) groups is 2. The second kappa shape index (κ2) is 13.9. The highest BCUT2D eigenvalue weighted by Gasteiger charge is 2.21. The van der Waals surface area contributed by atoms with Crippen molar-refractivity contribution < 1.29 is 42.1 Å². The van der Waals surface area contributed by atoms with E-state index in [-0.39, 0.29) is 40.6 Å². The molecule has 44 heavy (non-hydrogen) atoms. The average molecular weight is 622 g/mol. The number of benzene rings is 4. The summed E-state index contributed by atoms with van der Waals surface area (Å²) in [6.07, 6.45) is 0.132. The highest BCUT2D eigenvalue weighted by atomic mass is 32.2. The number of azo groups is 1. The van der Waals surface area contributed by atoms with E-state index in [0.29, 0.717) is 28.0 Å². The second-order valence-corrected chi connectivity index (χ2v) is 11.4. The fourth-order valence-electron chi connectivity index (χ4n) is 4.22. The Bertz CT molecular complexity index is 1840. The fourth-order valence-corrected chi connectivity index (χ4v) is 5.33. The normalized spacial score (nSPS) is 11.4. The van der Waals surface area contributed by atoms with Gasteiger partial charge in [0.25, 0.3) is 5.91 Å². The van der Waals surface area contributed by atoms with E-state index in [4.69, 9.17) is 18.9 Å². The van der Waals surface area contributed by atoms with Crippen LogP contribution in [0.3, 0.4) is 0 Å². The number of nitrogens with zero attached hydrogens (tertiary/aromatic N) is 2. The van der Waals surface area contributed by atoms with Gasteiger partial charge < -0.3 is 29.4 Å². The molecule has 0 bridgehead atoms. The van der Waals surface area contributed by atoms with Crippen molar-refractivity contribution in [2.45, 2.75) is 18.2 Å². The molecule has 4 aromatic carbocycles. The summed E-state index contributed by atoms with van der Waals surface area (Å²) in [7, 11) is 0.482. The van der Waals surface area contributed by atoms with Crippen molar-refractivity contribution >= 4 is 49.5 Å². The standard InChI is InChI=1S/C31H31N3O9S/c1-5-28(35)43-14-15-44(38,39)21-11-13-27(42-4)25(18-21)33-34-29-22-9-7-6-8-19(22)16-23(30(29)36)31(37)32-24-17-20(40-2)10-12-26(24)41-3/h6-13,16-18,36H,5,14-15H2,1-4H3,(H,32,37). The summed E-state index contributed by atoms with van der Waals surface area (Å²) >= 11 is 0. The number of rotatable bonds is 12. The van der Waals surface area contributed by atoms with E-state index in [1.807, 2.05) is 0 Å². The number of anilines is 1. The lowest BCUT2D eigenvalue weighted by Gasteiger charge is -2.14. The number of fused-ring (bicyclic) bond motifs is 1. The van der Waals surface area contributed by atoms with Crippen LogP contribution in [-0.2, 0) is 19.4 Å². The number of hydrogen-bond donors (Lipinski definition) is 2. The van der Waals surface area contributed by atoms with Crippen molar-refractivity contribution in [1.29, 1.82) is 0 Å². The van der Waals surface area contributed by atoms with Gasteiger partial charge in [-0.25, -0.2) is 8.42 Å². The number of ether oxygens (including phenoxy) is 4. The van der Waals surface area contributed by atoms with E-state index in [0.717, 1.165) is 0 Å². The van der Waals surface area contributed by atoms with Gasteiger partial charge in [0.1, 0.15) is 35.2 Å². The van der Waals surface area contributed by atoms with Gasteiger partial charge in [-0.1, -0.05) is 31.2 Å². The Hall–Kier alpha value is -5.17. The topological polar surface area (TPSA) is 162 Å². The molecule has 13 heteroatoms. The van der Waals surface area contributed by atoms with E-state index < -0.39 is 33.2 Å². The van der Waals surface area contributed by atoms with Crippen LogP contribution >= 0.6 is 0 Å². The van der Waals surface area contributed by atoms with Crippen molar-refractivity contribution in [2.75, 3.05) is 39.0 Å². The number of nitrogens with one attached hydrogen (secondary N) is 1. The average Bonchev–Trinajstić information content (AvgIpc) is 3.03. The van der Waals surface area contributed by atoms with E-state index >= 15 is 0 Å². The number of methoxy groups -OCH3 is 3. The molecule has 0 aliphatic heterocycles. The van der Waals surface area contributed by atoms with E-state index in [9.17, 15) is 23.1 Å². The highest BCUT2D eigenvalue weighted by Crippen LogP contribution is 2.41. The van der Waals surface area contributed by atoms with Gasteiger partial charge in [-0.2, -0.15) is 0 Å². The SMILES string of the molecule is CCC(=O)OCCS(=O)(=O)c1ccc(OC)c(N=Nc2c(O)c(C(=O)Nc3cc(OC)ccc3OC)cc3ccccc23)c1. The summed E-state index contributed by atoms with van der Waals surface area (Å²) in [5, 5.41) is 23.5. The summed E-state index contributed by atoms with van der Waals surface area (Å²) in [6.45, 7) is 1.31. The Morgan fingerprint density at radius 1 is 0.886 bits per heavy atom. The van der Waals surface area contributed by atoms with Crippen LogP contribution < -0.4 is 19.5 Å². The van der Waals surface area contributed by atoms with Crippen LogP contribution in [0.5, 0.6) is 23.0 Å². The van der Waals surface area contributed by atoms with Gasteiger partial charge >= 0.3 is 5.97 Å². The third-order valence-corrected chi connectivity index (χ3v) is 8.24. The maximum absolute atomic E-state index is 13.4. The van der Waals surface area contributed by atoms with Crippen molar-refractivity contribution in [3.05, 3.63) is 72.3 Å². The van der Waals surface area contributed by atoms with Crippen molar-refractivity contribution in [3.63, 3.8) is 0 Å². The predicted octanol–water partition coefficient (Wildman–Crippen LogP) is 5.97. The molecule has 4 rings (SSSR count). The number of phenols is 1. The number of hydrogen-bond acceptors (Lipinski definition) is 11. The first-order valence-electron chi connectivity index (χ1n) is 13.4. The number of esters is 1. The van der Waals surface area contributed by atoms with Crippen molar-refractivity contribution in [1.82, 2.24) is 0 Å². The minimum Gasteiger partial charge on any atom is -0.505 e. The zero-order chi connectivity index (χ0) is 31.9. The predicted molar refractivity (Wildman–Crippen MR) is 164 cm³/mol. The molecule has 4 aromatic rings. The van der Waals surface area contributed by atoms with Crippen molar-refractivity contribution in [3.8, 4) is 23.0 Å². The first kappa shape index (κ1) is 31.8. The molecule has 230 valence electrons. The second-order valence-electron chi connectivity index (χ2n) is 9.29. The molecule has 12 nitrogen and oxygen atoms in total. The van der Waals surface area contributed by atoms with Crippen LogP contribution in [0.1, 0.15) is 23.7 Å². The number of amides is 1. The van der Waals surface area contributed by atoms with Gasteiger partial charge in [-0.05, 0) is 41.8 Å². The quantitative estimate of drug-likeness (QED) is 0.143. The number of aromatic hydroxyl groups is 1. The van der Waals surface area contributed by atoms with Crippen LogP contribution in [0.4, 0.5) is 17.1 Å². The molecule has 0 radical (unpaired) electrons. The lowest BCUT2D eigenvalue weighted by Crippen LogP contribution is -2.15. The van der Waals surface area contributed by atoms with E-state index in [1.54, 1.807) is 49.4 Å². The molecule has 0 aromatic heterocycles. The molecule has 0 aliphatic rings. The molecule has 1 amide bonds. The van der Waals surface area contributed by atoms with Crippen LogP contribution in [0.25, 0.3) is 10.8 Å². The zero-order valence-corrected chi connectivity index (χ0v) is 25.3.